The molecule has 0 aliphatic heterocycles. The van der Waals surface area contributed by atoms with Gasteiger partial charge in [0.15, 0.2) is 5.75 Å². The smallest absolute Gasteiger partial charge is 0.254 e. The Kier molecular flexibility index (Phi) is 4.47. The van der Waals surface area contributed by atoms with Crippen LogP contribution in [0.4, 0.5) is 5.69 Å². The van der Waals surface area contributed by atoms with Gasteiger partial charge in [0.1, 0.15) is 5.82 Å². The molecule has 0 unspecified atom stereocenters. The highest BCUT2D eigenvalue weighted by molar-refractivity contribution is 14.1. The third-order valence-corrected chi connectivity index (χ3v) is 3.49. The maximum Gasteiger partial charge on any atom is 0.254 e. The van der Waals surface area contributed by atoms with E-state index in [9.17, 15) is 4.79 Å². The first-order valence-electron chi connectivity index (χ1n) is 6.19. The number of nitriles is 1. The summed E-state index contributed by atoms with van der Waals surface area (Å²) in [7, 11) is 0. The zero-order valence-corrected chi connectivity index (χ0v) is 13.6. The van der Waals surface area contributed by atoms with Gasteiger partial charge in [0.25, 0.3) is 5.56 Å². The number of nitrogens with one attached hydrogen (secondary N) is 1. The number of aromatic amines is 1. The van der Waals surface area contributed by atoms with E-state index in [1.165, 1.54) is 12.1 Å². The normalized spacial score (nSPS) is 10.4. The molecule has 21 heavy (non-hydrogen) atoms. The molecule has 2 aromatic rings. The van der Waals surface area contributed by atoms with Gasteiger partial charge >= 0.3 is 0 Å². The summed E-state index contributed by atoms with van der Waals surface area (Å²) in [6, 6.07) is 6.46. The van der Waals surface area contributed by atoms with Gasteiger partial charge in [0.2, 0.25) is 5.88 Å². The summed E-state index contributed by atoms with van der Waals surface area (Å²) in [5, 5.41) is 8.89. The molecule has 0 atom stereocenters. The van der Waals surface area contributed by atoms with Crippen molar-refractivity contribution in [2.75, 3.05) is 5.73 Å². The molecule has 2 rings (SSSR count). The van der Waals surface area contributed by atoms with Crippen molar-refractivity contribution in [2.45, 2.75) is 19.8 Å². The number of ether oxygens (including phenoxy) is 1. The molecule has 6 nitrogen and oxygen atoms in total. The van der Waals surface area contributed by atoms with Gasteiger partial charge in [-0.25, -0.2) is 0 Å². The molecular weight excluding hydrogens is 383 g/mol. The van der Waals surface area contributed by atoms with Gasteiger partial charge in [-0.3, -0.25) is 4.79 Å². The molecule has 0 saturated carbocycles. The Labute approximate surface area is 135 Å². The topological polar surface area (TPSA) is 105 Å². The second-order valence-electron chi connectivity index (χ2n) is 4.71. The second kappa shape index (κ2) is 6.13. The molecule has 0 bridgehead atoms. The highest BCUT2D eigenvalue weighted by Gasteiger charge is 2.12. The summed E-state index contributed by atoms with van der Waals surface area (Å²) in [5.74, 6) is 1.18. The van der Waals surface area contributed by atoms with Crippen molar-refractivity contribution in [1.29, 1.82) is 5.26 Å². The number of H-pyrrole nitrogens is 1. The molecule has 108 valence electrons. The minimum atomic E-state index is -0.286. The fraction of sp³-hybridized carbons (Fsp3) is 0.214. The number of hydrogen-bond donors (Lipinski definition) is 2. The molecule has 3 N–H and O–H groups in total. The van der Waals surface area contributed by atoms with E-state index in [0.29, 0.717) is 26.4 Å². The first-order chi connectivity index (χ1) is 9.90. The van der Waals surface area contributed by atoms with E-state index >= 15 is 0 Å². The summed E-state index contributed by atoms with van der Waals surface area (Å²) in [5.41, 5.74) is 6.38. The van der Waals surface area contributed by atoms with E-state index in [0.717, 1.165) is 0 Å². The van der Waals surface area contributed by atoms with Gasteiger partial charge < -0.3 is 15.5 Å². The van der Waals surface area contributed by atoms with Crippen LogP contribution in [0.15, 0.2) is 23.0 Å². The fourth-order valence-corrected chi connectivity index (χ4v) is 2.43. The molecule has 0 radical (unpaired) electrons. The number of hydrogen-bond acceptors (Lipinski definition) is 5. The van der Waals surface area contributed by atoms with Crippen LogP contribution in [-0.4, -0.2) is 9.97 Å². The van der Waals surface area contributed by atoms with Gasteiger partial charge in [-0.05, 0) is 34.7 Å². The number of anilines is 1. The Hall–Kier alpha value is -2.08. The molecule has 0 amide bonds. The van der Waals surface area contributed by atoms with E-state index in [1.54, 1.807) is 6.07 Å². The molecular formula is C14H13IN4O2. The predicted molar refractivity (Wildman–Crippen MR) is 87.3 cm³/mol. The van der Waals surface area contributed by atoms with Crippen LogP contribution in [0.3, 0.4) is 0 Å². The van der Waals surface area contributed by atoms with E-state index in [-0.39, 0.29) is 17.4 Å². The van der Waals surface area contributed by atoms with Crippen LogP contribution in [0.25, 0.3) is 0 Å². The number of aromatic nitrogens is 2. The Morgan fingerprint density at radius 3 is 2.71 bits per heavy atom. The predicted octanol–water partition coefficient (Wildman–Crippen LogP) is 2.74. The molecule has 0 saturated heterocycles. The van der Waals surface area contributed by atoms with Crippen LogP contribution < -0.4 is 16.0 Å². The third kappa shape index (κ3) is 3.52. The number of benzene rings is 1. The summed E-state index contributed by atoms with van der Waals surface area (Å²) >= 11 is 2.02. The van der Waals surface area contributed by atoms with Crippen molar-refractivity contribution in [3.05, 3.63) is 43.5 Å². The van der Waals surface area contributed by atoms with Crippen LogP contribution in [0.1, 0.15) is 31.2 Å². The molecule has 1 heterocycles. The Bertz CT molecular complexity index is 754. The van der Waals surface area contributed by atoms with Gasteiger partial charge in [0, 0.05) is 5.92 Å². The van der Waals surface area contributed by atoms with Crippen LogP contribution in [0, 0.1) is 14.9 Å². The van der Waals surface area contributed by atoms with Crippen LogP contribution in [-0.2, 0) is 0 Å². The van der Waals surface area contributed by atoms with Crippen molar-refractivity contribution >= 4 is 28.3 Å². The Morgan fingerprint density at radius 1 is 1.43 bits per heavy atom. The van der Waals surface area contributed by atoms with Crippen LogP contribution >= 0.6 is 22.6 Å². The number of rotatable bonds is 3. The standard InChI is InChI=1S/C14H13IN4O2/c1-7(2)14-18-11(20)5-12(19-14)21-13-9(15)3-8(6-16)4-10(13)17/h3-5,7H,17H2,1-2H3,(H,18,19,20). The molecule has 0 spiro atoms. The van der Waals surface area contributed by atoms with Crippen molar-refractivity contribution in [3.8, 4) is 17.7 Å². The zero-order valence-electron chi connectivity index (χ0n) is 11.5. The van der Waals surface area contributed by atoms with Gasteiger partial charge in [-0.1, -0.05) is 13.8 Å². The second-order valence-corrected chi connectivity index (χ2v) is 5.88. The first-order valence-corrected chi connectivity index (χ1v) is 7.27. The van der Waals surface area contributed by atoms with Crippen molar-refractivity contribution in [2.24, 2.45) is 0 Å². The highest BCUT2D eigenvalue weighted by atomic mass is 127. The minimum Gasteiger partial charge on any atom is -0.435 e. The van der Waals surface area contributed by atoms with E-state index in [4.69, 9.17) is 15.7 Å². The number of nitrogens with two attached hydrogens (primary N) is 1. The highest BCUT2D eigenvalue weighted by Crippen LogP contribution is 2.32. The fourth-order valence-electron chi connectivity index (χ4n) is 1.67. The first kappa shape index (κ1) is 15.3. The van der Waals surface area contributed by atoms with Crippen molar-refractivity contribution < 1.29 is 4.74 Å². The number of nitrogen functional groups attached to an aromatic ring is 1. The molecule has 1 aromatic heterocycles. The summed E-state index contributed by atoms with van der Waals surface area (Å²) in [6.45, 7) is 3.84. The third-order valence-electron chi connectivity index (χ3n) is 2.69. The molecule has 0 aliphatic rings. The molecule has 0 fully saturated rings. The quantitative estimate of drug-likeness (QED) is 0.613. The van der Waals surface area contributed by atoms with Gasteiger partial charge in [-0.2, -0.15) is 10.2 Å². The van der Waals surface area contributed by atoms with E-state index < -0.39 is 0 Å². The van der Waals surface area contributed by atoms with Crippen molar-refractivity contribution in [1.82, 2.24) is 9.97 Å². The summed E-state index contributed by atoms with van der Waals surface area (Å²) in [6.07, 6.45) is 0. The molecule has 0 aliphatic carbocycles. The largest absolute Gasteiger partial charge is 0.435 e. The lowest BCUT2D eigenvalue weighted by Gasteiger charge is -2.11. The number of halogens is 1. The maximum absolute atomic E-state index is 11.6. The maximum atomic E-state index is 11.6. The van der Waals surface area contributed by atoms with Gasteiger partial charge in [-0.15, -0.1) is 0 Å². The zero-order chi connectivity index (χ0) is 15.6. The molecule has 7 heteroatoms. The average molecular weight is 396 g/mol. The Balaban J connectivity index is 2.44. The summed E-state index contributed by atoms with van der Waals surface area (Å²) < 4.78 is 6.32. The average Bonchev–Trinajstić information content (AvgIpc) is 2.42. The minimum absolute atomic E-state index is 0.0682. The van der Waals surface area contributed by atoms with Crippen LogP contribution in [0.2, 0.25) is 0 Å². The van der Waals surface area contributed by atoms with E-state index in [2.05, 4.69) is 9.97 Å². The molecule has 1 aromatic carbocycles. The lowest BCUT2D eigenvalue weighted by Crippen LogP contribution is -2.12. The SMILES string of the molecule is CC(C)c1nc(Oc2c(N)cc(C#N)cc2I)cc(=O)[nH]1. The summed E-state index contributed by atoms with van der Waals surface area (Å²) in [4.78, 5) is 18.5. The van der Waals surface area contributed by atoms with Gasteiger partial charge in [0.05, 0.1) is 27.0 Å². The number of nitrogens with zero attached hydrogens (tertiary/aromatic N) is 2. The Morgan fingerprint density at radius 2 is 2.14 bits per heavy atom. The van der Waals surface area contributed by atoms with Crippen LogP contribution in [0.5, 0.6) is 11.6 Å². The lowest BCUT2D eigenvalue weighted by atomic mass is 10.2. The lowest BCUT2D eigenvalue weighted by molar-refractivity contribution is 0.455. The van der Waals surface area contributed by atoms with Crippen molar-refractivity contribution in [3.63, 3.8) is 0 Å². The van der Waals surface area contributed by atoms with E-state index in [1.807, 2.05) is 42.5 Å². The monoisotopic (exact) mass is 396 g/mol.